The van der Waals surface area contributed by atoms with Gasteiger partial charge in [-0.25, -0.2) is 0 Å². The number of carboxylic acids is 1. The van der Waals surface area contributed by atoms with E-state index in [0.717, 1.165) is 10.5 Å². The average Bonchev–Trinajstić information content (AvgIpc) is 2.79. The van der Waals surface area contributed by atoms with E-state index in [-0.39, 0.29) is 12.3 Å². The zero-order chi connectivity index (χ0) is 25.6. The molecule has 3 rings (SSSR count). The highest BCUT2D eigenvalue weighted by molar-refractivity contribution is 7.98. The number of hydrogen-bond donors (Lipinski definition) is 2. The Hall–Kier alpha value is -3.16. The average molecular weight is 514 g/mol. The lowest BCUT2D eigenvalue weighted by Crippen LogP contribution is -2.27. The molecular formula is C27H28ClNO5S. The maximum Gasteiger partial charge on any atom is 0.307 e. The second-order valence-electron chi connectivity index (χ2n) is 8.93. The van der Waals surface area contributed by atoms with Gasteiger partial charge in [-0.05, 0) is 60.2 Å². The molecule has 0 aliphatic heterocycles. The third-order valence-corrected chi connectivity index (χ3v) is 6.32. The monoisotopic (exact) mass is 513 g/mol. The number of nitrogens with one attached hydrogen (secondary N) is 1. The van der Waals surface area contributed by atoms with Gasteiger partial charge in [0.1, 0.15) is 5.75 Å². The molecule has 184 valence electrons. The van der Waals surface area contributed by atoms with Crippen molar-refractivity contribution in [3.8, 4) is 17.2 Å². The fourth-order valence-corrected chi connectivity index (χ4v) is 4.09. The van der Waals surface area contributed by atoms with Crippen LogP contribution in [0.1, 0.15) is 31.9 Å². The number of thioether (sulfide) groups is 1. The number of methoxy groups -OCH3 is 1. The molecular weight excluding hydrogens is 486 g/mol. The molecule has 0 fully saturated rings. The summed E-state index contributed by atoms with van der Waals surface area (Å²) in [6, 6.07) is 18.1. The van der Waals surface area contributed by atoms with E-state index >= 15 is 0 Å². The second-order valence-corrected chi connectivity index (χ2v) is 10.4. The number of carbonyl (C=O) groups is 2. The lowest BCUT2D eigenvalue weighted by atomic mass is 9.95. The molecule has 0 aliphatic carbocycles. The lowest BCUT2D eigenvalue weighted by Gasteiger charge is -2.19. The highest BCUT2D eigenvalue weighted by Crippen LogP contribution is 2.37. The summed E-state index contributed by atoms with van der Waals surface area (Å²) >= 11 is 7.61. The molecule has 0 aliphatic rings. The Bertz CT molecular complexity index is 1210. The molecule has 0 aromatic heterocycles. The van der Waals surface area contributed by atoms with Gasteiger partial charge in [0.25, 0.3) is 0 Å². The Labute approximate surface area is 214 Å². The number of benzene rings is 3. The second kappa shape index (κ2) is 11.5. The van der Waals surface area contributed by atoms with Crippen molar-refractivity contribution in [2.45, 2.75) is 37.8 Å². The summed E-state index contributed by atoms with van der Waals surface area (Å²) in [5.41, 5.74) is 1.57. The van der Waals surface area contributed by atoms with Gasteiger partial charge in [0.15, 0.2) is 11.5 Å². The molecule has 0 atom stereocenters. The van der Waals surface area contributed by atoms with Crippen molar-refractivity contribution in [1.82, 2.24) is 0 Å². The molecule has 6 nitrogen and oxygen atoms in total. The Balaban J connectivity index is 1.93. The van der Waals surface area contributed by atoms with Crippen LogP contribution in [0.2, 0.25) is 5.02 Å². The van der Waals surface area contributed by atoms with Crippen LogP contribution in [0.15, 0.2) is 65.6 Å². The Morgan fingerprint density at radius 3 is 2.29 bits per heavy atom. The van der Waals surface area contributed by atoms with Crippen molar-refractivity contribution in [3.63, 3.8) is 0 Å². The Morgan fingerprint density at radius 1 is 0.971 bits per heavy atom. The molecule has 0 unspecified atom stereocenters. The molecule has 0 radical (unpaired) electrons. The van der Waals surface area contributed by atoms with Gasteiger partial charge in [-0.15, -0.1) is 11.8 Å². The van der Waals surface area contributed by atoms with E-state index in [0.29, 0.717) is 39.3 Å². The molecule has 0 bridgehead atoms. The summed E-state index contributed by atoms with van der Waals surface area (Å²) in [6.07, 6.45) is -0.128. The zero-order valence-corrected chi connectivity index (χ0v) is 21.6. The minimum absolute atomic E-state index is 0.0921. The first-order valence-electron chi connectivity index (χ1n) is 10.9. The van der Waals surface area contributed by atoms with Crippen LogP contribution in [0.25, 0.3) is 0 Å². The molecule has 8 heteroatoms. The van der Waals surface area contributed by atoms with E-state index in [9.17, 15) is 9.59 Å². The lowest BCUT2D eigenvalue weighted by molar-refractivity contribution is -0.136. The number of carbonyl (C=O) groups excluding carboxylic acids is 1. The molecule has 1 amide bonds. The van der Waals surface area contributed by atoms with Crippen LogP contribution in [0.4, 0.5) is 5.69 Å². The molecule has 0 heterocycles. The molecule has 0 saturated heterocycles. The van der Waals surface area contributed by atoms with Crippen molar-refractivity contribution in [2.24, 2.45) is 5.41 Å². The summed E-state index contributed by atoms with van der Waals surface area (Å²) < 4.78 is 11.6. The molecule has 0 saturated carbocycles. The van der Waals surface area contributed by atoms with Crippen LogP contribution in [0.5, 0.6) is 17.2 Å². The van der Waals surface area contributed by atoms with Crippen molar-refractivity contribution >= 4 is 40.9 Å². The van der Waals surface area contributed by atoms with Gasteiger partial charge < -0.3 is 19.9 Å². The molecule has 3 aromatic carbocycles. The fourth-order valence-electron chi connectivity index (χ4n) is 3.08. The highest BCUT2D eigenvalue weighted by atomic mass is 35.5. The minimum atomic E-state index is -0.930. The summed E-state index contributed by atoms with van der Waals surface area (Å²) in [5, 5.41) is 12.8. The Morgan fingerprint density at radius 2 is 1.66 bits per heavy atom. The summed E-state index contributed by atoms with van der Waals surface area (Å²) in [6.45, 7) is 5.56. The van der Waals surface area contributed by atoms with E-state index in [1.54, 1.807) is 42.1 Å². The third kappa shape index (κ3) is 7.67. The zero-order valence-electron chi connectivity index (χ0n) is 20.1. The summed E-state index contributed by atoms with van der Waals surface area (Å²) in [5.74, 6) is 1.01. The summed E-state index contributed by atoms with van der Waals surface area (Å²) in [4.78, 5) is 24.7. The van der Waals surface area contributed by atoms with Crippen molar-refractivity contribution < 1.29 is 24.2 Å². The van der Waals surface area contributed by atoms with Crippen molar-refractivity contribution in [2.75, 3.05) is 12.4 Å². The topological polar surface area (TPSA) is 84.9 Å². The highest BCUT2D eigenvalue weighted by Gasteiger charge is 2.22. The fraction of sp³-hybridized carbons (Fsp3) is 0.259. The number of carboxylic acid groups (broad SMARTS) is 1. The van der Waals surface area contributed by atoms with Crippen molar-refractivity contribution in [3.05, 3.63) is 76.8 Å². The van der Waals surface area contributed by atoms with Crippen LogP contribution in [0.3, 0.4) is 0 Å². The maximum atomic E-state index is 12.5. The van der Waals surface area contributed by atoms with Gasteiger partial charge in [-0.2, -0.15) is 0 Å². The standard InChI is InChI=1S/C27H28ClNO5S/c1-27(2,3)26(32)29-20-8-12-22(18(15-20)16-35-21-9-6-19(28)7-10-21)34-24-13-17(14-25(30)31)5-11-23(24)33-4/h5-13,15H,14,16H2,1-4H3,(H,29,32)(H,30,31). The largest absolute Gasteiger partial charge is 0.493 e. The van der Waals surface area contributed by atoms with Crippen LogP contribution < -0.4 is 14.8 Å². The smallest absolute Gasteiger partial charge is 0.307 e. The van der Waals surface area contributed by atoms with Gasteiger partial charge in [0, 0.05) is 32.3 Å². The Kier molecular flexibility index (Phi) is 8.70. The number of aliphatic carboxylic acids is 1. The number of anilines is 1. The maximum absolute atomic E-state index is 12.5. The third-order valence-electron chi connectivity index (χ3n) is 5.01. The summed E-state index contributed by atoms with van der Waals surface area (Å²) in [7, 11) is 1.53. The van der Waals surface area contributed by atoms with Gasteiger partial charge in [0.05, 0.1) is 13.5 Å². The molecule has 3 aromatic rings. The number of halogens is 1. The molecule has 2 N–H and O–H groups in total. The van der Waals surface area contributed by atoms with Gasteiger partial charge >= 0.3 is 5.97 Å². The first kappa shape index (κ1) is 26.4. The predicted molar refractivity (Wildman–Crippen MR) is 140 cm³/mol. The van der Waals surface area contributed by atoms with E-state index in [2.05, 4.69) is 5.32 Å². The first-order valence-corrected chi connectivity index (χ1v) is 12.3. The number of ether oxygens (including phenoxy) is 2. The first-order chi connectivity index (χ1) is 16.5. The predicted octanol–water partition coefficient (Wildman–Crippen LogP) is 7.04. The normalized spacial score (nSPS) is 11.1. The SMILES string of the molecule is COc1ccc(CC(=O)O)cc1Oc1ccc(NC(=O)C(C)(C)C)cc1CSc1ccc(Cl)cc1. The number of hydrogen-bond acceptors (Lipinski definition) is 5. The van der Waals surface area contributed by atoms with Gasteiger partial charge in [0.2, 0.25) is 5.91 Å². The quantitative estimate of drug-likeness (QED) is 0.298. The van der Waals surface area contributed by atoms with Gasteiger partial charge in [-0.1, -0.05) is 38.4 Å². The van der Waals surface area contributed by atoms with E-state index in [1.807, 2.05) is 51.1 Å². The molecule has 35 heavy (non-hydrogen) atoms. The van der Waals surface area contributed by atoms with E-state index in [4.69, 9.17) is 26.2 Å². The number of amides is 1. The van der Waals surface area contributed by atoms with Gasteiger partial charge in [-0.3, -0.25) is 9.59 Å². The minimum Gasteiger partial charge on any atom is -0.493 e. The van der Waals surface area contributed by atoms with Crippen LogP contribution in [-0.4, -0.2) is 24.1 Å². The van der Waals surface area contributed by atoms with Crippen LogP contribution in [0, 0.1) is 5.41 Å². The number of rotatable bonds is 9. The van der Waals surface area contributed by atoms with Crippen LogP contribution in [-0.2, 0) is 21.8 Å². The van der Waals surface area contributed by atoms with E-state index in [1.165, 1.54) is 7.11 Å². The van der Waals surface area contributed by atoms with Crippen molar-refractivity contribution in [1.29, 1.82) is 0 Å². The van der Waals surface area contributed by atoms with Crippen LogP contribution >= 0.6 is 23.4 Å². The van der Waals surface area contributed by atoms with E-state index < -0.39 is 11.4 Å². The molecule has 0 spiro atoms.